The molecule has 1 rings (SSSR count). The molecule has 0 aliphatic carbocycles. The van der Waals surface area contributed by atoms with Gasteiger partial charge >= 0.3 is 6.18 Å². The van der Waals surface area contributed by atoms with Crippen molar-refractivity contribution < 1.29 is 13.2 Å². The third-order valence-corrected chi connectivity index (χ3v) is 3.99. The minimum atomic E-state index is -4.13. The molecule has 2 N–H and O–H groups in total. The summed E-state index contributed by atoms with van der Waals surface area (Å²) in [6.07, 6.45) is -0.312. The van der Waals surface area contributed by atoms with Crippen LogP contribution in [0, 0.1) is 5.92 Å². The molecule has 0 spiro atoms. The molecular formula is C15H30F3IN4. The summed E-state index contributed by atoms with van der Waals surface area (Å²) < 4.78 is 36.2. The smallest absolute Gasteiger partial charge is 0.356 e. The Morgan fingerprint density at radius 2 is 1.74 bits per heavy atom. The molecule has 0 aromatic heterocycles. The van der Waals surface area contributed by atoms with Crippen molar-refractivity contribution in [3.8, 4) is 0 Å². The van der Waals surface area contributed by atoms with Gasteiger partial charge in [-0.3, -0.25) is 4.99 Å². The number of hydrogen-bond donors (Lipinski definition) is 2. The second-order valence-corrected chi connectivity index (χ2v) is 6.02. The molecule has 4 nitrogen and oxygen atoms in total. The molecule has 1 saturated heterocycles. The molecule has 0 radical (unpaired) electrons. The highest BCUT2D eigenvalue weighted by atomic mass is 127. The number of piperidine rings is 1. The van der Waals surface area contributed by atoms with Crippen molar-refractivity contribution in [3.05, 3.63) is 0 Å². The van der Waals surface area contributed by atoms with Gasteiger partial charge in [-0.25, -0.2) is 0 Å². The van der Waals surface area contributed by atoms with Gasteiger partial charge in [0, 0.05) is 20.1 Å². The van der Waals surface area contributed by atoms with Crippen LogP contribution in [0.5, 0.6) is 0 Å². The summed E-state index contributed by atoms with van der Waals surface area (Å²) in [7, 11) is 1.57. The Balaban J connectivity index is 0.00000484. The topological polar surface area (TPSA) is 39.7 Å². The first-order valence-electron chi connectivity index (χ1n) is 8.14. The van der Waals surface area contributed by atoms with E-state index in [1.165, 1.54) is 25.9 Å². The fourth-order valence-electron chi connectivity index (χ4n) is 2.50. The number of rotatable bonds is 7. The van der Waals surface area contributed by atoms with E-state index in [9.17, 15) is 13.2 Å². The van der Waals surface area contributed by atoms with Crippen LogP contribution in [0.25, 0.3) is 0 Å². The molecule has 138 valence electrons. The van der Waals surface area contributed by atoms with Gasteiger partial charge in [0.2, 0.25) is 0 Å². The second kappa shape index (κ2) is 12.2. The summed E-state index contributed by atoms with van der Waals surface area (Å²) in [6, 6.07) is 0. The first-order chi connectivity index (χ1) is 10.4. The average molecular weight is 450 g/mol. The number of aliphatic imine (C=N–C) groups is 1. The summed E-state index contributed by atoms with van der Waals surface area (Å²) in [5.74, 6) is 1.29. The largest absolute Gasteiger partial charge is 0.390 e. The third kappa shape index (κ3) is 11.9. The number of nitrogens with zero attached hydrogens (tertiary/aromatic N) is 2. The number of nitrogens with one attached hydrogen (secondary N) is 2. The van der Waals surface area contributed by atoms with Gasteiger partial charge in [0.25, 0.3) is 0 Å². The molecule has 1 heterocycles. The van der Waals surface area contributed by atoms with Gasteiger partial charge < -0.3 is 15.5 Å². The van der Waals surface area contributed by atoms with E-state index in [1.807, 2.05) is 0 Å². The molecule has 1 fully saturated rings. The van der Waals surface area contributed by atoms with Crippen LogP contribution in [-0.2, 0) is 0 Å². The highest BCUT2D eigenvalue weighted by Gasteiger charge is 2.26. The first kappa shape index (κ1) is 22.8. The van der Waals surface area contributed by atoms with Gasteiger partial charge in [-0.1, -0.05) is 6.92 Å². The van der Waals surface area contributed by atoms with Crippen LogP contribution in [0.4, 0.5) is 13.2 Å². The summed E-state index contributed by atoms with van der Waals surface area (Å²) >= 11 is 0. The third-order valence-electron chi connectivity index (χ3n) is 3.99. The number of guanidine groups is 1. The van der Waals surface area contributed by atoms with Crippen LogP contribution in [0.2, 0.25) is 0 Å². The normalized spacial score (nSPS) is 17.7. The standard InChI is InChI=1S/C15H29F3N4.HI/c1-13-5-11-22(12-6-13)10-4-3-8-20-14(19-2)21-9-7-15(16,17)18;/h13H,3-12H2,1-2H3,(H2,19,20,21);1H. The molecule has 8 heteroatoms. The zero-order valence-electron chi connectivity index (χ0n) is 14.1. The van der Waals surface area contributed by atoms with E-state index in [1.54, 1.807) is 7.05 Å². The van der Waals surface area contributed by atoms with Crippen LogP contribution in [0.1, 0.15) is 39.0 Å². The van der Waals surface area contributed by atoms with Crippen LogP contribution < -0.4 is 10.6 Å². The maximum atomic E-state index is 12.1. The molecular weight excluding hydrogens is 420 g/mol. The van der Waals surface area contributed by atoms with E-state index in [2.05, 4.69) is 27.4 Å². The van der Waals surface area contributed by atoms with Crippen LogP contribution in [-0.4, -0.2) is 56.8 Å². The number of likely N-dealkylation sites (tertiary alicyclic amines) is 1. The van der Waals surface area contributed by atoms with E-state index < -0.39 is 12.6 Å². The maximum absolute atomic E-state index is 12.1. The van der Waals surface area contributed by atoms with Crippen LogP contribution in [0.3, 0.4) is 0 Å². The Morgan fingerprint density at radius 3 is 2.30 bits per heavy atom. The highest BCUT2D eigenvalue weighted by molar-refractivity contribution is 14.0. The molecule has 1 aliphatic rings. The lowest BCUT2D eigenvalue weighted by atomic mass is 9.99. The minimum absolute atomic E-state index is 0. The van der Waals surface area contributed by atoms with E-state index in [4.69, 9.17) is 0 Å². The fourth-order valence-corrected chi connectivity index (χ4v) is 2.50. The van der Waals surface area contributed by atoms with Gasteiger partial charge in [-0.05, 0) is 51.2 Å². The van der Waals surface area contributed by atoms with Gasteiger partial charge in [0.15, 0.2) is 5.96 Å². The molecule has 0 unspecified atom stereocenters. The molecule has 0 aromatic rings. The summed E-state index contributed by atoms with van der Waals surface area (Å²) in [4.78, 5) is 6.42. The molecule has 0 bridgehead atoms. The zero-order valence-corrected chi connectivity index (χ0v) is 16.4. The van der Waals surface area contributed by atoms with Crippen LogP contribution in [0.15, 0.2) is 4.99 Å². The van der Waals surface area contributed by atoms with Crippen molar-refractivity contribution in [2.24, 2.45) is 10.9 Å². The summed E-state index contributed by atoms with van der Waals surface area (Å²) in [5.41, 5.74) is 0. The Labute approximate surface area is 154 Å². The van der Waals surface area contributed by atoms with E-state index in [0.717, 1.165) is 31.8 Å². The molecule has 23 heavy (non-hydrogen) atoms. The van der Waals surface area contributed by atoms with E-state index in [0.29, 0.717) is 5.96 Å². The van der Waals surface area contributed by atoms with E-state index in [-0.39, 0.29) is 30.5 Å². The molecule has 0 amide bonds. The van der Waals surface area contributed by atoms with Gasteiger partial charge in [-0.15, -0.1) is 24.0 Å². The van der Waals surface area contributed by atoms with E-state index >= 15 is 0 Å². The second-order valence-electron chi connectivity index (χ2n) is 6.02. The van der Waals surface area contributed by atoms with Crippen molar-refractivity contribution in [3.63, 3.8) is 0 Å². The number of hydrogen-bond acceptors (Lipinski definition) is 2. The maximum Gasteiger partial charge on any atom is 0.390 e. The molecule has 1 aliphatic heterocycles. The average Bonchev–Trinajstić information content (AvgIpc) is 2.45. The Morgan fingerprint density at radius 1 is 1.13 bits per heavy atom. The molecule has 0 saturated carbocycles. The quantitative estimate of drug-likeness (QED) is 0.271. The predicted octanol–water partition coefficient (Wildman–Crippen LogP) is 3.23. The van der Waals surface area contributed by atoms with Crippen molar-refractivity contribution in [1.29, 1.82) is 0 Å². The zero-order chi connectivity index (χ0) is 16.4. The lowest BCUT2D eigenvalue weighted by Gasteiger charge is -2.30. The monoisotopic (exact) mass is 450 g/mol. The van der Waals surface area contributed by atoms with Crippen molar-refractivity contribution >= 4 is 29.9 Å². The Bertz CT molecular complexity index is 329. The van der Waals surface area contributed by atoms with Crippen LogP contribution >= 0.6 is 24.0 Å². The lowest BCUT2D eigenvalue weighted by molar-refractivity contribution is -0.132. The van der Waals surface area contributed by atoms with Gasteiger partial charge in [0.05, 0.1) is 6.42 Å². The first-order valence-corrected chi connectivity index (χ1v) is 8.14. The van der Waals surface area contributed by atoms with Crippen molar-refractivity contribution in [1.82, 2.24) is 15.5 Å². The Hall–Kier alpha value is -0.250. The SMILES string of the molecule is CN=C(NCCCCN1CCC(C)CC1)NCCC(F)(F)F.I. The predicted molar refractivity (Wildman–Crippen MR) is 99.5 cm³/mol. The minimum Gasteiger partial charge on any atom is -0.356 e. The van der Waals surface area contributed by atoms with Crippen molar-refractivity contribution in [2.45, 2.75) is 45.2 Å². The number of halogens is 4. The Kier molecular flexibility index (Phi) is 12.0. The highest BCUT2D eigenvalue weighted by Crippen LogP contribution is 2.18. The summed E-state index contributed by atoms with van der Waals surface area (Å²) in [5, 5.41) is 5.73. The molecule has 0 aromatic carbocycles. The lowest BCUT2D eigenvalue weighted by Crippen LogP contribution is -2.39. The molecule has 0 atom stereocenters. The number of alkyl halides is 3. The van der Waals surface area contributed by atoms with Crippen molar-refractivity contribution in [2.75, 3.05) is 39.8 Å². The summed E-state index contributed by atoms with van der Waals surface area (Å²) in [6.45, 7) is 6.38. The fraction of sp³-hybridized carbons (Fsp3) is 0.933. The van der Waals surface area contributed by atoms with Gasteiger partial charge in [0.1, 0.15) is 0 Å². The van der Waals surface area contributed by atoms with Gasteiger partial charge in [-0.2, -0.15) is 13.2 Å². The number of unbranched alkanes of at least 4 members (excludes halogenated alkanes) is 1.